The van der Waals surface area contributed by atoms with Gasteiger partial charge in [0.25, 0.3) is 0 Å². The average Bonchev–Trinajstić information content (AvgIpc) is 3.45. The van der Waals surface area contributed by atoms with Crippen LogP contribution in [0.4, 0.5) is 56.9 Å². The smallest absolute Gasteiger partial charge is 0.0540 e. The van der Waals surface area contributed by atoms with E-state index in [1.165, 1.54) is 148 Å². The lowest BCUT2D eigenvalue weighted by Crippen LogP contribution is -2.25. The van der Waals surface area contributed by atoms with E-state index in [4.69, 9.17) is 0 Å². The Hall–Kier alpha value is -5.88. The van der Waals surface area contributed by atoms with Crippen molar-refractivity contribution < 1.29 is 0 Å². The molecule has 0 aromatic heterocycles. The Balaban J connectivity index is 1.42. The Bertz CT molecular complexity index is 2250. The molecular formula is C68H96N6. The lowest BCUT2D eigenvalue weighted by Gasteiger charge is -2.31. The average molecular weight is 998 g/mol. The molecule has 6 heteroatoms. The topological polar surface area (TPSA) is 19.4 Å². The lowest BCUT2D eigenvalue weighted by atomic mass is 10.0. The van der Waals surface area contributed by atoms with E-state index in [9.17, 15) is 0 Å². The third-order valence-electron chi connectivity index (χ3n) is 14.7. The molecule has 6 nitrogen and oxygen atoms in total. The van der Waals surface area contributed by atoms with Crippen LogP contribution in [0.5, 0.6) is 0 Å². The first-order valence-electron chi connectivity index (χ1n) is 29.6. The number of unbranched alkanes of at least 4 members (excludes halogenated alkanes) is 8. The molecule has 0 unspecified atom stereocenters. The van der Waals surface area contributed by atoms with Gasteiger partial charge in [-0.25, -0.2) is 0 Å². The van der Waals surface area contributed by atoms with Gasteiger partial charge >= 0.3 is 0 Å². The standard InChI is InChI=1S/C68H96N6/c1-9-17-49-69(50-18-10-2)58-33-41-63(42-34-58)73(64-43-35-59(36-44-64)70(51-19-11-3)52-20-12-4)62-31-29-57(30-32-62)67-27-25-26-28-68(67)74(65-45-37-60(38-46-65)71(53-21-13-5)54-22-14-6)66-47-39-61(40-48-66)72(55-23-15-7)56-24-16-8/h25-48H,9-24,49-56H2,1-8H3. The molecule has 0 heterocycles. The highest BCUT2D eigenvalue weighted by Gasteiger charge is 2.21. The minimum absolute atomic E-state index is 1.09. The normalized spacial score (nSPS) is 11.2. The van der Waals surface area contributed by atoms with Gasteiger partial charge in [0, 0.05) is 109 Å². The maximum atomic E-state index is 2.59. The first kappa shape index (κ1) is 57.4. The number of para-hydroxylation sites is 1. The van der Waals surface area contributed by atoms with E-state index in [-0.39, 0.29) is 0 Å². The quantitative estimate of drug-likeness (QED) is 0.0392. The van der Waals surface area contributed by atoms with E-state index in [0.29, 0.717) is 0 Å². The maximum absolute atomic E-state index is 2.59. The molecular weight excluding hydrogens is 901 g/mol. The predicted octanol–water partition coefficient (Wildman–Crippen LogP) is 19.9. The number of benzene rings is 6. The first-order valence-corrected chi connectivity index (χ1v) is 29.6. The van der Waals surface area contributed by atoms with E-state index >= 15 is 0 Å². The Morgan fingerprint density at radius 2 is 0.446 bits per heavy atom. The molecule has 6 aromatic rings. The summed E-state index contributed by atoms with van der Waals surface area (Å²) in [4.78, 5) is 15.3. The molecule has 398 valence electrons. The van der Waals surface area contributed by atoms with Gasteiger partial charge in [0.1, 0.15) is 0 Å². The van der Waals surface area contributed by atoms with Crippen LogP contribution in [0.1, 0.15) is 158 Å². The Labute approximate surface area is 451 Å². The van der Waals surface area contributed by atoms with Crippen LogP contribution >= 0.6 is 0 Å². The van der Waals surface area contributed by atoms with Gasteiger partial charge in [0.05, 0.1) is 5.69 Å². The van der Waals surface area contributed by atoms with Crippen LogP contribution in [0.25, 0.3) is 11.1 Å². The fourth-order valence-corrected chi connectivity index (χ4v) is 10.1. The molecule has 0 atom stereocenters. The van der Waals surface area contributed by atoms with Crippen LogP contribution < -0.4 is 29.4 Å². The van der Waals surface area contributed by atoms with E-state index in [1.54, 1.807) is 0 Å². The number of rotatable bonds is 35. The van der Waals surface area contributed by atoms with Gasteiger partial charge in [-0.3, -0.25) is 0 Å². The number of anilines is 10. The summed E-state index contributed by atoms with van der Waals surface area (Å²) in [6.45, 7) is 27.1. The minimum atomic E-state index is 1.09. The highest BCUT2D eigenvalue weighted by molar-refractivity contribution is 5.89. The van der Waals surface area contributed by atoms with Crippen molar-refractivity contribution >= 4 is 56.9 Å². The molecule has 74 heavy (non-hydrogen) atoms. The SMILES string of the molecule is CCCCN(CCCC)c1ccc(N(c2ccc(-c3ccccc3N(c3ccc(N(CCCC)CCCC)cc3)c3ccc(N(CCCC)CCCC)cc3)cc2)c2ccc(N(CCCC)CCCC)cc2)cc1. The van der Waals surface area contributed by atoms with Crippen LogP contribution in [0.3, 0.4) is 0 Å². The second-order valence-electron chi connectivity index (χ2n) is 20.6. The second-order valence-corrected chi connectivity index (χ2v) is 20.6. The number of hydrogen-bond acceptors (Lipinski definition) is 6. The van der Waals surface area contributed by atoms with E-state index in [0.717, 1.165) is 75.1 Å². The van der Waals surface area contributed by atoms with Crippen molar-refractivity contribution in [3.8, 4) is 11.1 Å². The maximum Gasteiger partial charge on any atom is 0.0540 e. The van der Waals surface area contributed by atoms with Gasteiger partial charge in [-0.05, 0) is 172 Å². The van der Waals surface area contributed by atoms with Crippen LogP contribution in [0, 0.1) is 0 Å². The summed E-state index contributed by atoms with van der Waals surface area (Å²) in [5, 5.41) is 0. The molecule has 6 rings (SSSR count). The highest BCUT2D eigenvalue weighted by atomic mass is 15.2. The van der Waals surface area contributed by atoms with Crippen molar-refractivity contribution in [2.75, 3.05) is 81.8 Å². The molecule has 0 radical (unpaired) electrons. The molecule has 0 saturated carbocycles. The van der Waals surface area contributed by atoms with Crippen molar-refractivity contribution in [3.63, 3.8) is 0 Å². The summed E-state index contributed by atoms with van der Waals surface area (Å²) in [6.07, 6.45) is 19.2. The third-order valence-corrected chi connectivity index (χ3v) is 14.7. The summed E-state index contributed by atoms with van der Waals surface area (Å²) < 4.78 is 0. The molecule has 0 amide bonds. The molecule has 0 N–H and O–H groups in total. The van der Waals surface area contributed by atoms with Gasteiger partial charge < -0.3 is 29.4 Å². The molecule has 0 saturated heterocycles. The fourth-order valence-electron chi connectivity index (χ4n) is 10.1. The summed E-state index contributed by atoms with van der Waals surface area (Å²) >= 11 is 0. The second kappa shape index (κ2) is 31.8. The largest absolute Gasteiger partial charge is 0.372 e. The zero-order valence-electron chi connectivity index (χ0n) is 47.5. The fraction of sp³-hybridized carbons (Fsp3) is 0.471. The summed E-state index contributed by atoms with van der Waals surface area (Å²) in [6, 6.07) is 55.8. The van der Waals surface area contributed by atoms with Crippen molar-refractivity contribution in [1.82, 2.24) is 0 Å². The number of hydrogen-bond donors (Lipinski definition) is 0. The monoisotopic (exact) mass is 997 g/mol. The summed E-state index contributed by atoms with van der Waals surface area (Å²) in [5.74, 6) is 0. The van der Waals surface area contributed by atoms with E-state index in [1.807, 2.05) is 0 Å². The van der Waals surface area contributed by atoms with Crippen molar-refractivity contribution in [2.45, 2.75) is 158 Å². The molecule has 6 aromatic carbocycles. The van der Waals surface area contributed by atoms with Crippen molar-refractivity contribution in [2.24, 2.45) is 0 Å². The lowest BCUT2D eigenvalue weighted by molar-refractivity contribution is 0.678. The van der Waals surface area contributed by atoms with Crippen LogP contribution in [-0.2, 0) is 0 Å². The van der Waals surface area contributed by atoms with Gasteiger partial charge in [-0.15, -0.1) is 0 Å². The molecule has 0 aliphatic heterocycles. The van der Waals surface area contributed by atoms with E-state index < -0.39 is 0 Å². The predicted molar refractivity (Wildman–Crippen MR) is 329 cm³/mol. The minimum Gasteiger partial charge on any atom is -0.372 e. The third kappa shape index (κ3) is 16.3. The van der Waals surface area contributed by atoms with Crippen LogP contribution in [0.2, 0.25) is 0 Å². The van der Waals surface area contributed by atoms with E-state index in [2.05, 4.69) is 230 Å². The van der Waals surface area contributed by atoms with Crippen LogP contribution in [0.15, 0.2) is 146 Å². The van der Waals surface area contributed by atoms with Crippen LogP contribution in [-0.4, -0.2) is 52.4 Å². The zero-order chi connectivity index (χ0) is 52.3. The molecule has 0 bridgehead atoms. The summed E-state index contributed by atoms with van der Waals surface area (Å²) in [7, 11) is 0. The van der Waals surface area contributed by atoms with Gasteiger partial charge in [-0.1, -0.05) is 137 Å². The van der Waals surface area contributed by atoms with Crippen molar-refractivity contribution in [1.29, 1.82) is 0 Å². The molecule has 0 fully saturated rings. The Kier molecular flexibility index (Phi) is 24.6. The van der Waals surface area contributed by atoms with Gasteiger partial charge in [-0.2, -0.15) is 0 Å². The van der Waals surface area contributed by atoms with Gasteiger partial charge in [0.15, 0.2) is 0 Å². The van der Waals surface area contributed by atoms with Gasteiger partial charge in [0.2, 0.25) is 0 Å². The zero-order valence-corrected chi connectivity index (χ0v) is 47.5. The summed E-state index contributed by atoms with van der Waals surface area (Å²) in [5.41, 5.74) is 14.6. The number of nitrogens with zero attached hydrogens (tertiary/aromatic N) is 6. The highest BCUT2D eigenvalue weighted by Crippen LogP contribution is 2.43. The Morgan fingerprint density at radius 1 is 0.230 bits per heavy atom. The molecule has 0 spiro atoms. The van der Waals surface area contributed by atoms with Crippen molar-refractivity contribution in [3.05, 3.63) is 146 Å². The Morgan fingerprint density at radius 3 is 0.703 bits per heavy atom. The molecule has 0 aliphatic carbocycles. The first-order chi connectivity index (χ1) is 36.4. The molecule has 0 aliphatic rings.